The average molecular weight is 342 g/mol. The fourth-order valence-corrected chi connectivity index (χ4v) is 3.89. The Morgan fingerprint density at radius 1 is 1.25 bits per heavy atom. The molecule has 0 radical (unpaired) electrons. The third kappa shape index (κ3) is 2.96. The van der Waals surface area contributed by atoms with E-state index in [1.54, 1.807) is 4.90 Å². The number of rotatable bonds is 5. The van der Waals surface area contributed by atoms with E-state index in [0.29, 0.717) is 6.54 Å². The topological polar surface area (TPSA) is 46.3 Å². The van der Waals surface area contributed by atoms with E-state index in [0.717, 1.165) is 50.7 Å². The predicted octanol–water partition coefficient (Wildman–Crippen LogP) is 4.59. The van der Waals surface area contributed by atoms with Gasteiger partial charge in [0.05, 0.1) is 10.7 Å². The Bertz CT molecular complexity index is 879. The molecule has 2 aromatic heterocycles. The molecule has 126 valence electrons. The number of benzene rings is 1. The molecule has 0 bridgehead atoms. The first kappa shape index (κ1) is 16.7. The number of aryl methyl sites for hydroxylation is 3. The molecule has 0 aliphatic rings. The van der Waals surface area contributed by atoms with Crippen LogP contribution in [0.4, 0.5) is 0 Å². The van der Waals surface area contributed by atoms with Gasteiger partial charge < -0.3 is 9.32 Å². The molecule has 0 fully saturated rings. The number of thiazole rings is 1. The maximum Gasteiger partial charge on any atom is 0.265 e. The Hall–Kier alpha value is -2.14. The molecule has 4 nitrogen and oxygen atoms in total. The summed E-state index contributed by atoms with van der Waals surface area (Å²) in [6.45, 7) is 6.57. The van der Waals surface area contributed by atoms with Gasteiger partial charge in [0, 0.05) is 31.0 Å². The van der Waals surface area contributed by atoms with Gasteiger partial charge in [0.25, 0.3) is 5.91 Å². The third-order valence-corrected chi connectivity index (χ3v) is 5.47. The molecule has 1 aromatic carbocycles. The van der Waals surface area contributed by atoms with Crippen molar-refractivity contribution in [1.82, 2.24) is 9.88 Å². The Balaban J connectivity index is 1.90. The number of carbonyl (C=O) groups is 1. The Kier molecular flexibility index (Phi) is 4.71. The first-order valence-corrected chi connectivity index (χ1v) is 9.07. The largest absolute Gasteiger partial charge is 0.461 e. The van der Waals surface area contributed by atoms with E-state index < -0.39 is 0 Å². The molecule has 5 heteroatoms. The van der Waals surface area contributed by atoms with Gasteiger partial charge in [0.1, 0.15) is 16.2 Å². The van der Waals surface area contributed by atoms with Crippen LogP contribution in [-0.2, 0) is 19.4 Å². The van der Waals surface area contributed by atoms with Gasteiger partial charge in [-0.15, -0.1) is 11.3 Å². The van der Waals surface area contributed by atoms with Crippen LogP contribution in [0.2, 0.25) is 0 Å². The van der Waals surface area contributed by atoms with Crippen molar-refractivity contribution < 1.29 is 9.21 Å². The van der Waals surface area contributed by atoms with E-state index in [-0.39, 0.29) is 5.91 Å². The van der Waals surface area contributed by atoms with Gasteiger partial charge in [-0.05, 0) is 19.4 Å². The van der Waals surface area contributed by atoms with Crippen molar-refractivity contribution in [2.45, 2.75) is 40.2 Å². The van der Waals surface area contributed by atoms with E-state index >= 15 is 0 Å². The monoisotopic (exact) mass is 342 g/mol. The van der Waals surface area contributed by atoms with Gasteiger partial charge in [0.2, 0.25) is 0 Å². The van der Waals surface area contributed by atoms with Crippen molar-refractivity contribution in [2.75, 3.05) is 7.05 Å². The fourth-order valence-electron chi connectivity index (χ4n) is 2.89. The molecule has 0 saturated heterocycles. The summed E-state index contributed by atoms with van der Waals surface area (Å²) in [5, 5.41) is 2.09. The van der Waals surface area contributed by atoms with Crippen molar-refractivity contribution in [1.29, 1.82) is 0 Å². The highest BCUT2D eigenvalue weighted by molar-refractivity contribution is 7.13. The lowest BCUT2D eigenvalue weighted by atomic mass is 10.1. The molecule has 0 aliphatic heterocycles. The van der Waals surface area contributed by atoms with Crippen LogP contribution in [0.3, 0.4) is 0 Å². The zero-order valence-corrected chi connectivity index (χ0v) is 15.4. The maximum atomic E-state index is 12.8. The van der Waals surface area contributed by atoms with E-state index in [2.05, 4.69) is 24.9 Å². The number of para-hydroxylation sites is 1. The predicted molar refractivity (Wildman–Crippen MR) is 97.6 cm³/mol. The lowest BCUT2D eigenvalue weighted by Gasteiger charge is -2.16. The van der Waals surface area contributed by atoms with Crippen LogP contribution in [0, 0.1) is 6.92 Å². The van der Waals surface area contributed by atoms with Crippen molar-refractivity contribution in [2.24, 2.45) is 0 Å². The van der Waals surface area contributed by atoms with Crippen LogP contribution >= 0.6 is 11.3 Å². The van der Waals surface area contributed by atoms with Crippen LogP contribution in [-0.4, -0.2) is 22.8 Å². The van der Waals surface area contributed by atoms with Crippen LogP contribution in [0.1, 0.15) is 45.5 Å². The summed E-state index contributed by atoms with van der Waals surface area (Å²) in [7, 11) is 1.84. The Morgan fingerprint density at radius 3 is 2.67 bits per heavy atom. The van der Waals surface area contributed by atoms with Crippen LogP contribution in [0.5, 0.6) is 0 Å². The van der Waals surface area contributed by atoms with Gasteiger partial charge in [-0.1, -0.05) is 32.0 Å². The smallest absolute Gasteiger partial charge is 0.265 e. The minimum Gasteiger partial charge on any atom is -0.461 e. The Labute approximate surface area is 146 Å². The summed E-state index contributed by atoms with van der Waals surface area (Å²) >= 11 is 1.50. The maximum absolute atomic E-state index is 12.8. The van der Waals surface area contributed by atoms with E-state index in [9.17, 15) is 4.79 Å². The van der Waals surface area contributed by atoms with Gasteiger partial charge in [-0.3, -0.25) is 4.79 Å². The number of aromatic nitrogens is 1. The minimum atomic E-state index is 0.0250. The summed E-state index contributed by atoms with van der Waals surface area (Å²) < 4.78 is 5.93. The number of nitrogens with zero attached hydrogens (tertiary/aromatic N) is 2. The van der Waals surface area contributed by atoms with Crippen molar-refractivity contribution in [3.8, 4) is 0 Å². The molecule has 0 saturated carbocycles. The number of hydrogen-bond acceptors (Lipinski definition) is 4. The second-order valence-corrected chi connectivity index (χ2v) is 6.97. The third-order valence-electron chi connectivity index (χ3n) is 4.18. The summed E-state index contributed by atoms with van der Waals surface area (Å²) in [6, 6.07) is 8.00. The van der Waals surface area contributed by atoms with E-state index in [4.69, 9.17) is 4.42 Å². The van der Waals surface area contributed by atoms with Crippen molar-refractivity contribution >= 4 is 28.2 Å². The average Bonchev–Trinajstić information content (AvgIpc) is 3.14. The highest BCUT2D eigenvalue weighted by Gasteiger charge is 2.21. The normalized spacial score (nSPS) is 11.2. The molecule has 0 N–H and O–H groups in total. The molecular weight excluding hydrogens is 320 g/mol. The van der Waals surface area contributed by atoms with Crippen LogP contribution < -0.4 is 0 Å². The number of carbonyl (C=O) groups excluding carboxylic acids is 1. The molecule has 1 amide bonds. The van der Waals surface area contributed by atoms with Gasteiger partial charge in [-0.2, -0.15) is 0 Å². The number of fused-ring (bicyclic) bond motifs is 1. The highest BCUT2D eigenvalue weighted by Crippen LogP contribution is 2.28. The molecule has 2 heterocycles. The fraction of sp³-hybridized carbons (Fsp3) is 0.368. The second-order valence-electron chi connectivity index (χ2n) is 5.89. The molecule has 0 atom stereocenters. The van der Waals surface area contributed by atoms with Gasteiger partial charge >= 0.3 is 0 Å². The zero-order chi connectivity index (χ0) is 17.3. The van der Waals surface area contributed by atoms with E-state index in [1.165, 1.54) is 11.3 Å². The van der Waals surface area contributed by atoms with Crippen LogP contribution in [0.25, 0.3) is 11.0 Å². The lowest BCUT2D eigenvalue weighted by Crippen LogP contribution is -2.26. The number of furan rings is 1. The molecular formula is C19H22N2O2S. The summed E-state index contributed by atoms with van der Waals surface area (Å²) in [4.78, 5) is 19.8. The minimum absolute atomic E-state index is 0.0250. The lowest BCUT2D eigenvalue weighted by molar-refractivity contribution is 0.0789. The van der Waals surface area contributed by atoms with Crippen molar-refractivity contribution in [3.63, 3.8) is 0 Å². The molecule has 3 rings (SSSR count). The first-order chi connectivity index (χ1) is 11.5. The molecule has 0 aliphatic carbocycles. The number of amides is 1. The quantitative estimate of drug-likeness (QED) is 0.681. The molecule has 0 unspecified atom stereocenters. The van der Waals surface area contributed by atoms with Crippen LogP contribution in [0.15, 0.2) is 28.7 Å². The van der Waals surface area contributed by atoms with Gasteiger partial charge in [-0.25, -0.2) is 4.98 Å². The summed E-state index contributed by atoms with van der Waals surface area (Å²) in [6.07, 6.45) is 1.67. The highest BCUT2D eigenvalue weighted by atomic mass is 32.1. The van der Waals surface area contributed by atoms with E-state index in [1.807, 2.05) is 32.2 Å². The first-order valence-electron chi connectivity index (χ1n) is 8.26. The molecule has 0 spiro atoms. The number of hydrogen-bond donors (Lipinski definition) is 0. The summed E-state index contributed by atoms with van der Waals surface area (Å²) in [5.74, 6) is 0.975. The van der Waals surface area contributed by atoms with Gasteiger partial charge in [0.15, 0.2) is 0 Å². The molecule has 24 heavy (non-hydrogen) atoms. The Morgan fingerprint density at radius 2 is 2.00 bits per heavy atom. The SMILES string of the molecule is CCc1nc(C)c(C(=O)N(C)Cc2c(CC)oc3ccccc23)s1. The van der Waals surface area contributed by atoms with Crippen molar-refractivity contribution in [3.05, 3.63) is 51.2 Å². The zero-order valence-electron chi connectivity index (χ0n) is 14.5. The summed E-state index contributed by atoms with van der Waals surface area (Å²) in [5.41, 5.74) is 2.80. The standard InChI is InChI=1S/C19H22N2O2S/c1-5-15-14(13-9-7-8-10-16(13)23-15)11-21(4)19(22)18-12(3)20-17(6-2)24-18/h7-10H,5-6,11H2,1-4H3. The second kappa shape index (κ2) is 6.77. The molecule has 3 aromatic rings.